The van der Waals surface area contributed by atoms with Crippen LogP contribution in [-0.2, 0) is 4.79 Å². The van der Waals surface area contributed by atoms with Crippen LogP contribution in [0.5, 0.6) is 5.75 Å². The molecule has 0 saturated carbocycles. The Morgan fingerprint density at radius 3 is 3.00 bits per heavy atom. The van der Waals surface area contributed by atoms with Crippen LogP contribution in [0.2, 0.25) is 0 Å². The maximum Gasteiger partial charge on any atom is 0.241 e. The molecule has 1 saturated heterocycles. The second-order valence-electron chi connectivity index (χ2n) is 4.19. The summed E-state index contributed by atoms with van der Waals surface area (Å²) in [5, 5.41) is 15.1. The van der Waals surface area contributed by atoms with Gasteiger partial charge in [-0.05, 0) is 34.5 Å². The van der Waals surface area contributed by atoms with Gasteiger partial charge in [0, 0.05) is 18.3 Å². The van der Waals surface area contributed by atoms with Crippen molar-refractivity contribution in [1.82, 2.24) is 5.32 Å². The highest BCUT2D eigenvalue weighted by molar-refractivity contribution is 9.10. The van der Waals surface area contributed by atoms with E-state index in [4.69, 9.17) is 4.74 Å². The number of anilines is 1. The number of aliphatic hydroxyl groups excluding tert-OH is 1. The van der Waals surface area contributed by atoms with Crippen molar-refractivity contribution in [3.63, 3.8) is 0 Å². The van der Waals surface area contributed by atoms with Crippen LogP contribution in [-0.4, -0.2) is 36.8 Å². The van der Waals surface area contributed by atoms with E-state index < -0.39 is 6.10 Å². The lowest BCUT2D eigenvalue weighted by molar-refractivity contribution is -0.117. The summed E-state index contributed by atoms with van der Waals surface area (Å²) in [6.45, 7) is 0.460. The molecule has 98 valence electrons. The smallest absolute Gasteiger partial charge is 0.241 e. The van der Waals surface area contributed by atoms with E-state index in [1.54, 1.807) is 19.2 Å². The quantitative estimate of drug-likeness (QED) is 0.782. The fourth-order valence-corrected chi connectivity index (χ4v) is 2.29. The molecule has 0 bridgehead atoms. The summed E-state index contributed by atoms with van der Waals surface area (Å²) < 4.78 is 5.99. The third-order valence-electron chi connectivity index (χ3n) is 2.84. The fraction of sp³-hybridized carbons (Fsp3) is 0.417. The van der Waals surface area contributed by atoms with Crippen molar-refractivity contribution in [2.45, 2.75) is 18.6 Å². The van der Waals surface area contributed by atoms with Crippen LogP contribution in [0, 0.1) is 0 Å². The van der Waals surface area contributed by atoms with E-state index in [-0.39, 0.29) is 11.9 Å². The van der Waals surface area contributed by atoms with Gasteiger partial charge in [0.2, 0.25) is 5.91 Å². The zero-order valence-electron chi connectivity index (χ0n) is 9.94. The number of carbonyl (C=O) groups excluding carboxylic acids is 1. The first kappa shape index (κ1) is 13.3. The number of hydrogen-bond donors (Lipinski definition) is 3. The molecule has 1 aromatic carbocycles. The van der Waals surface area contributed by atoms with E-state index in [9.17, 15) is 9.90 Å². The Labute approximate surface area is 114 Å². The maximum atomic E-state index is 11.9. The van der Waals surface area contributed by atoms with Gasteiger partial charge < -0.3 is 20.5 Å². The molecule has 1 amide bonds. The van der Waals surface area contributed by atoms with E-state index in [1.807, 2.05) is 6.07 Å². The molecule has 5 nitrogen and oxygen atoms in total. The Balaban J connectivity index is 2.03. The third-order valence-corrected chi connectivity index (χ3v) is 3.50. The first-order chi connectivity index (χ1) is 8.60. The first-order valence-electron chi connectivity index (χ1n) is 5.66. The fourth-order valence-electron chi connectivity index (χ4n) is 1.88. The number of benzene rings is 1. The van der Waals surface area contributed by atoms with Crippen molar-refractivity contribution in [2.24, 2.45) is 0 Å². The van der Waals surface area contributed by atoms with Gasteiger partial charge >= 0.3 is 0 Å². The number of halogens is 1. The van der Waals surface area contributed by atoms with Gasteiger partial charge in [-0.1, -0.05) is 0 Å². The standard InChI is InChI=1S/C12H15BrN2O3/c1-18-11-4-7(2-3-9(11)13)15-12(17)10-5-8(16)6-14-10/h2-4,8,10,14,16H,5-6H2,1H3,(H,15,17). The minimum absolute atomic E-state index is 0.143. The second-order valence-corrected chi connectivity index (χ2v) is 5.04. The zero-order valence-corrected chi connectivity index (χ0v) is 11.5. The van der Waals surface area contributed by atoms with Gasteiger partial charge in [0.05, 0.1) is 23.7 Å². The van der Waals surface area contributed by atoms with Crippen molar-refractivity contribution in [1.29, 1.82) is 0 Å². The van der Waals surface area contributed by atoms with Gasteiger partial charge in [-0.3, -0.25) is 4.79 Å². The Morgan fingerprint density at radius 1 is 1.61 bits per heavy atom. The predicted octanol–water partition coefficient (Wildman–Crippen LogP) is 1.12. The van der Waals surface area contributed by atoms with Crippen LogP contribution in [0.1, 0.15) is 6.42 Å². The van der Waals surface area contributed by atoms with Crippen LogP contribution in [0.3, 0.4) is 0 Å². The van der Waals surface area contributed by atoms with Gasteiger partial charge in [0.1, 0.15) is 5.75 Å². The topological polar surface area (TPSA) is 70.6 Å². The summed E-state index contributed by atoms with van der Waals surface area (Å²) in [4.78, 5) is 11.9. The highest BCUT2D eigenvalue weighted by atomic mass is 79.9. The lowest BCUT2D eigenvalue weighted by Crippen LogP contribution is -2.35. The number of carbonyl (C=O) groups is 1. The highest BCUT2D eigenvalue weighted by Gasteiger charge is 2.27. The van der Waals surface area contributed by atoms with E-state index in [0.717, 1.165) is 4.47 Å². The number of ether oxygens (including phenoxy) is 1. The molecule has 1 aliphatic rings. The van der Waals surface area contributed by atoms with Crippen LogP contribution in [0.4, 0.5) is 5.69 Å². The largest absolute Gasteiger partial charge is 0.495 e. The lowest BCUT2D eigenvalue weighted by Gasteiger charge is -2.12. The van der Waals surface area contributed by atoms with Gasteiger partial charge in [0.15, 0.2) is 0 Å². The summed E-state index contributed by atoms with van der Waals surface area (Å²) in [5.74, 6) is 0.517. The molecule has 18 heavy (non-hydrogen) atoms. The van der Waals surface area contributed by atoms with E-state index in [1.165, 1.54) is 0 Å². The van der Waals surface area contributed by atoms with Crippen molar-refractivity contribution in [3.8, 4) is 5.75 Å². The van der Waals surface area contributed by atoms with Crippen molar-refractivity contribution < 1.29 is 14.6 Å². The monoisotopic (exact) mass is 314 g/mol. The Hall–Kier alpha value is -1.11. The Bertz CT molecular complexity index is 453. The summed E-state index contributed by atoms with van der Waals surface area (Å²) in [6, 6.07) is 5.00. The molecule has 0 radical (unpaired) electrons. The minimum atomic E-state index is -0.444. The Kier molecular flexibility index (Phi) is 4.21. The van der Waals surface area contributed by atoms with Crippen molar-refractivity contribution in [3.05, 3.63) is 22.7 Å². The number of hydrogen-bond acceptors (Lipinski definition) is 4. The minimum Gasteiger partial charge on any atom is -0.495 e. The molecular weight excluding hydrogens is 300 g/mol. The number of nitrogens with one attached hydrogen (secondary N) is 2. The summed E-state index contributed by atoms with van der Waals surface area (Å²) in [5.41, 5.74) is 0.670. The predicted molar refractivity (Wildman–Crippen MR) is 71.7 cm³/mol. The van der Waals surface area contributed by atoms with Crippen molar-refractivity contribution in [2.75, 3.05) is 19.0 Å². The molecule has 0 aromatic heterocycles. The van der Waals surface area contributed by atoms with E-state index in [0.29, 0.717) is 24.4 Å². The number of aliphatic hydroxyl groups is 1. The lowest BCUT2D eigenvalue weighted by atomic mass is 10.2. The number of β-amino-alcohol motifs (C(OH)–C–C–N with tert-alkyl or cyclic N) is 1. The summed E-state index contributed by atoms with van der Waals surface area (Å²) in [6.07, 6.45) is -0.000311. The normalized spacial score (nSPS) is 22.8. The zero-order chi connectivity index (χ0) is 13.1. The second kappa shape index (κ2) is 5.69. The molecule has 2 atom stereocenters. The molecule has 0 spiro atoms. The highest BCUT2D eigenvalue weighted by Crippen LogP contribution is 2.28. The summed E-state index contributed by atoms with van der Waals surface area (Å²) >= 11 is 3.35. The van der Waals surface area contributed by atoms with Gasteiger partial charge in [0.25, 0.3) is 0 Å². The molecule has 1 heterocycles. The molecule has 3 N–H and O–H groups in total. The molecule has 1 fully saturated rings. The molecule has 6 heteroatoms. The van der Waals surface area contributed by atoms with E-state index in [2.05, 4.69) is 26.6 Å². The van der Waals surface area contributed by atoms with Crippen molar-refractivity contribution >= 4 is 27.5 Å². The SMILES string of the molecule is COc1cc(NC(=O)C2CC(O)CN2)ccc1Br. The van der Waals surface area contributed by atoms with E-state index >= 15 is 0 Å². The number of amides is 1. The molecule has 1 aliphatic heterocycles. The molecule has 2 unspecified atom stereocenters. The van der Waals surface area contributed by atoms with Crippen LogP contribution >= 0.6 is 15.9 Å². The van der Waals surface area contributed by atoms with Gasteiger partial charge in [-0.25, -0.2) is 0 Å². The maximum absolute atomic E-state index is 11.9. The average Bonchev–Trinajstić information content (AvgIpc) is 2.78. The number of rotatable bonds is 3. The third kappa shape index (κ3) is 3.01. The van der Waals surface area contributed by atoms with Crippen LogP contribution in [0.15, 0.2) is 22.7 Å². The molecular formula is C12H15BrN2O3. The summed E-state index contributed by atoms with van der Waals surface area (Å²) in [7, 11) is 1.57. The molecule has 2 rings (SSSR count). The Morgan fingerprint density at radius 2 is 2.39 bits per heavy atom. The van der Waals surface area contributed by atoms with Gasteiger partial charge in [-0.15, -0.1) is 0 Å². The molecule has 0 aliphatic carbocycles. The molecule has 1 aromatic rings. The van der Waals surface area contributed by atoms with Crippen LogP contribution in [0.25, 0.3) is 0 Å². The van der Waals surface area contributed by atoms with Crippen LogP contribution < -0.4 is 15.4 Å². The first-order valence-corrected chi connectivity index (χ1v) is 6.45. The average molecular weight is 315 g/mol. The number of methoxy groups -OCH3 is 1. The van der Waals surface area contributed by atoms with Gasteiger partial charge in [-0.2, -0.15) is 0 Å².